The molecule has 192 valence electrons. The lowest BCUT2D eigenvalue weighted by molar-refractivity contribution is 0.0514. The van der Waals surface area contributed by atoms with Crippen LogP contribution in [0.2, 0.25) is 0 Å². The molecule has 1 fully saturated rings. The molecular weight excluding hydrogens is 498 g/mol. The average Bonchev–Trinajstić information content (AvgIpc) is 3.26. The van der Waals surface area contributed by atoms with Crippen molar-refractivity contribution >= 4 is 27.6 Å². The van der Waals surface area contributed by atoms with Crippen molar-refractivity contribution in [3.05, 3.63) is 65.4 Å². The number of ether oxygens (including phenoxy) is 2. The Morgan fingerprint density at radius 3 is 2.31 bits per heavy atom. The predicted molar refractivity (Wildman–Crippen MR) is 138 cm³/mol. The van der Waals surface area contributed by atoms with Gasteiger partial charge in [-0.3, -0.25) is 0 Å². The van der Waals surface area contributed by atoms with Crippen molar-refractivity contribution in [1.82, 2.24) is 15.0 Å². The third-order valence-corrected chi connectivity index (χ3v) is 8.94. The van der Waals surface area contributed by atoms with Crippen LogP contribution in [0, 0.1) is 0 Å². The molecular formula is C26H31N3O5S2. The average molecular weight is 530 g/mol. The summed E-state index contributed by atoms with van der Waals surface area (Å²) >= 11 is 1.64. The molecule has 1 aliphatic rings. The van der Waals surface area contributed by atoms with E-state index < -0.39 is 15.8 Å². The van der Waals surface area contributed by atoms with Gasteiger partial charge in [0.05, 0.1) is 25.2 Å². The van der Waals surface area contributed by atoms with E-state index in [1.54, 1.807) is 42.6 Å². The molecule has 2 aromatic carbocycles. The molecule has 1 aliphatic carbocycles. The third-order valence-electron chi connectivity index (χ3n) is 6.38. The van der Waals surface area contributed by atoms with Gasteiger partial charge in [0, 0.05) is 11.5 Å². The Bertz CT molecular complexity index is 1280. The summed E-state index contributed by atoms with van der Waals surface area (Å²) in [5.41, 5.74) is 2.46. The first-order valence-corrected chi connectivity index (χ1v) is 14.8. The van der Waals surface area contributed by atoms with Crippen molar-refractivity contribution in [3.8, 4) is 5.75 Å². The number of carbonyl (C=O) groups excluding carboxylic acids is 1. The quantitative estimate of drug-likeness (QED) is 0.367. The molecule has 0 bridgehead atoms. The molecule has 36 heavy (non-hydrogen) atoms. The Morgan fingerprint density at radius 1 is 1.06 bits per heavy atom. The van der Waals surface area contributed by atoms with Gasteiger partial charge in [0.15, 0.2) is 9.84 Å². The van der Waals surface area contributed by atoms with Gasteiger partial charge in [-0.1, -0.05) is 29.5 Å². The number of esters is 1. The molecule has 0 spiro atoms. The number of thioether (sulfide) groups is 1. The Kier molecular flexibility index (Phi) is 8.35. The van der Waals surface area contributed by atoms with E-state index in [2.05, 4.69) is 10.3 Å². The number of nitrogens with zero attached hydrogens (tertiary/aromatic N) is 3. The van der Waals surface area contributed by atoms with Gasteiger partial charge in [0.1, 0.15) is 10.8 Å². The molecule has 0 N–H and O–H groups in total. The lowest BCUT2D eigenvalue weighted by atomic mass is 9.84. The Labute approximate surface area is 216 Å². The molecule has 1 heterocycles. The van der Waals surface area contributed by atoms with Gasteiger partial charge in [-0.15, -0.1) is 16.9 Å². The minimum absolute atomic E-state index is 0.258. The molecule has 0 saturated heterocycles. The SMILES string of the molecule is CCOC(=O)c1nnn(Cc2ccc(OC)cc2)c1SC1CCC(c2ccc(S(C)(=O)=O)cc2)CC1. The highest BCUT2D eigenvalue weighted by Gasteiger charge is 2.28. The molecule has 0 aliphatic heterocycles. The number of benzene rings is 2. The van der Waals surface area contributed by atoms with Gasteiger partial charge in [0.2, 0.25) is 5.69 Å². The maximum Gasteiger partial charge on any atom is 0.361 e. The summed E-state index contributed by atoms with van der Waals surface area (Å²) < 4.78 is 35.7. The topological polar surface area (TPSA) is 100 Å². The minimum Gasteiger partial charge on any atom is -0.497 e. The highest BCUT2D eigenvalue weighted by atomic mass is 32.2. The summed E-state index contributed by atoms with van der Waals surface area (Å²) in [6, 6.07) is 15.0. The summed E-state index contributed by atoms with van der Waals surface area (Å²) in [6.07, 6.45) is 5.15. The first kappa shape index (κ1) is 26.2. The summed E-state index contributed by atoms with van der Waals surface area (Å²) in [4.78, 5) is 12.9. The zero-order chi connectivity index (χ0) is 25.7. The summed E-state index contributed by atoms with van der Waals surface area (Å²) in [7, 11) is -1.56. The molecule has 8 nitrogen and oxygen atoms in total. The summed E-state index contributed by atoms with van der Waals surface area (Å²) in [6.45, 7) is 2.54. The molecule has 4 rings (SSSR count). The largest absolute Gasteiger partial charge is 0.497 e. The normalized spacial score (nSPS) is 18.1. The maximum absolute atomic E-state index is 12.6. The van der Waals surface area contributed by atoms with Crippen molar-refractivity contribution in [3.63, 3.8) is 0 Å². The van der Waals surface area contributed by atoms with Gasteiger partial charge in [-0.25, -0.2) is 17.9 Å². The Hall–Kier alpha value is -2.85. The minimum atomic E-state index is -3.20. The lowest BCUT2D eigenvalue weighted by Crippen LogP contribution is -2.17. The van der Waals surface area contributed by atoms with Gasteiger partial charge in [0.25, 0.3) is 0 Å². The summed E-state index contributed by atoms with van der Waals surface area (Å²) in [5.74, 6) is 0.713. The molecule has 0 radical (unpaired) electrons. The van der Waals surface area contributed by atoms with Crippen LogP contribution in [0.15, 0.2) is 58.5 Å². The van der Waals surface area contributed by atoms with Crippen molar-refractivity contribution in [2.45, 2.75) is 60.2 Å². The van der Waals surface area contributed by atoms with Gasteiger partial charge >= 0.3 is 5.97 Å². The fraction of sp³-hybridized carbons (Fsp3) is 0.423. The molecule has 3 aromatic rings. The van der Waals surface area contributed by atoms with Crippen LogP contribution in [0.5, 0.6) is 5.75 Å². The highest BCUT2D eigenvalue weighted by Crippen LogP contribution is 2.41. The second kappa shape index (κ2) is 11.5. The van der Waals surface area contributed by atoms with Crippen LogP contribution in [-0.2, 0) is 21.1 Å². The number of methoxy groups -OCH3 is 1. The van der Waals surface area contributed by atoms with E-state index in [-0.39, 0.29) is 12.3 Å². The van der Waals surface area contributed by atoms with Crippen LogP contribution in [0.4, 0.5) is 0 Å². The fourth-order valence-electron chi connectivity index (χ4n) is 4.41. The summed E-state index contributed by atoms with van der Waals surface area (Å²) in [5, 5.41) is 9.49. The second-order valence-electron chi connectivity index (χ2n) is 8.90. The van der Waals surface area contributed by atoms with Crippen molar-refractivity contribution in [1.29, 1.82) is 0 Å². The lowest BCUT2D eigenvalue weighted by Gasteiger charge is -2.28. The van der Waals surface area contributed by atoms with Crippen molar-refractivity contribution in [2.75, 3.05) is 20.0 Å². The Balaban J connectivity index is 1.46. The zero-order valence-corrected chi connectivity index (χ0v) is 22.3. The molecule has 10 heteroatoms. The van der Waals surface area contributed by atoms with E-state index in [0.717, 1.165) is 42.0 Å². The van der Waals surface area contributed by atoms with Crippen LogP contribution in [0.25, 0.3) is 0 Å². The molecule has 1 aromatic heterocycles. The predicted octanol–water partition coefficient (Wildman–Crippen LogP) is 4.73. The van der Waals surface area contributed by atoms with Gasteiger partial charge < -0.3 is 9.47 Å². The van der Waals surface area contributed by atoms with Gasteiger partial charge in [-0.2, -0.15) is 0 Å². The van der Waals surface area contributed by atoms with E-state index in [0.29, 0.717) is 22.6 Å². The van der Waals surface area contributed by atoms with Crippen molar-refractivity contribution in [2.24, 2.45) is 0 Å². The van der Waals surface area contributed by atoms with Crippen LogP contribution < -0.4 is 4.74 Å². The standard InChI is InChI=1S/C26H31N3O5S2/c1-4-34-26(30)24-25(29(28-27-24)17-18-5-11-21(33-2)12-6-18)35-22-13-7-19(8-14-22)20-9-15-23(16-10-20)36(3,31)32/h5-6,9-12,15-16,19,22H,4,7-8,13-14,17H2,1-3H3. The number of carbonyl (C=O) groups is 1. The first-order valence-electron chi connectivity index (χ1n) is 12.0. The van der Waals surface area contributed by atoms with Crippen LogP contribution in [0.3, 0.4) is 0 Å². The smallest absolute Gasteiger partial charge is 0.361 e. The maximum atomic E-state index is 12.6. The number of rotatable bonds is 9. The number of hydrogen-bond acceptors (Lipinski definition) is 8. The van der Waals surface area contributed by atoms with E-state index in [9.17, 15) is 13.2 Å². The highest BCUT2D eigenvalue weighted by molar-refractivity contribution is 8.00. The number of aromatic nitrogens is 3. The van der Waals surface area contributed by atoms with E-state index >= 15 is 0 Å². The fourth-order valence-corrected chi connectivity index (χ4v) is 6.33. The third kappa shape index (κ3) is 6.28. The molecule has 0 amide bonds. The zero-order valence-electron chi connectivity index (χ0n) is 20.7. The number of hydrogen-bond donors (Lipinski definition) is 0. The van der Waals surface area contributed by atoms with Crippen LogP contribution >= 0.6 is 11.8 Å². The molecule has 0 unspecified atom stereocenters. The van der Waals surface area contributed by atoms with Crippen LogP contribution in [0.1, 0.15) is 60.1 Å². The van der Waals surface area contributed by atoms with Crippen LogP contribution in [-0.4, -0.2) is 54.6 Å². The molecule has 0 atom stereocenters. The first-order chi connectivity index (χ1) is 17.3. The van der Waals surface area contributed by atoms with Gasteiger partial charge in [-0.05, 0) is 73.9 Å². The molecule has 1 saturated carbocycles. The number of sulfone groups is 1. The van der Waals surface area contributed by atoms with E-state index in [4.69, 9.17) is 9.47 Å². The monoisotopic (exact) mass is 529 g/mol. The van der Waals surface area contributed by atoms with E-state index in [1.807, 2.05) is 36.4 Å². The second-order valence-corrected chi connectivity index (χ2v) is 12.2. The van der Waals surface area contributed by atoms with Crippen molar-refractivity contribution < 1.29 is 22.7 Å². The van der Waals surface area contributed by atoms with E-state index in [1.165, 1.54) is 11.8 Å². The Morgan fingerprint density at radius 2 is 1.72 bits per heavy atom.